The van der Waals surface area contributed by atoms with Crippen LogP contribution in [0, 0.1) is 0 Å². The van der Waals surface area contributed by atoms with E-state index in [-0.39, 0.29) is 30.5 Å². The standard InChI is InChI=1S/C15H21F3N4O2.HI/c1-19-14(20-8-9-24-12-6-4-3-5-7-12)21-10-13(23)22(2)11-15(16,17)18;/h3-7H,8-11H2,1-2H3,(H2,19,20,21);1H. The van der Waals surface area contributed by atoms with E-state index in [1.54, 1.807) is 0 Å². The van der Waals surface area contributed by atoms with Crippen LogP contribution in [0.5, 0.6) is 5.75 Å². The first kappa shape index (κ1) is 23.3. The van der Waals surface area contributed by atoms with Crippen molar-refractivity contribution in [3.8, 4) is 5.75 Å². The molecule has 10 heteroatoms. The second-order valence-corrected chi connectivity index (χ2v) is 4.88. The van der Waals surface area contributed by atoms with E-state index >= 15 is 0 Å². The van der Waals surface area contributed by atoms with Gasteiger partial charge in [0.1, 0.15) is 18.9 Å². The number of aliphatic imine (C=N–C) groups is 1. The van der Waals surface area contributed by atoms with Crippen LogP contribution in [0.2, 0.25) is 0 Å². The summed E-state index contributed by atoms with van der Waals surface area (Å²) in [5, 5.41) is 5.56. The maximum atomic E-state index is 12.2. The van der Waals surface area contributed by atoms with Gasteiger partial charge in [-0.1, -0.05) is 18.2 Å². The molecule has 0 aliphatic heterocycles. The molecule has 25 heavy (non-hydrogen) atoms. The average Bonchev–Trinajstić information content (AvgIpc) is 2.53. The molecule has 0 unspecified atom stereocenters. The highest BCUT2D eigenvalue weighted by Gasteiger charge is 2.31. The molecule has 1 aromatic rings. The second-order valence-electron chi connectivity index (χ2n) is 4.88. The minimum atomic E-state index is -4.42. The number of carbonyl (C=O) groups excluding carboxylic acids is 1. The largest absolute Gasteiger partial charge is 0.492 e. The normalized spacial score (nSPS) is 11.3. The van der Waals surface area contributed by atoms with Gasteiger partial charge < -0.3 is 20.3 Å². The van der Waals surface area contributed by atoms with Crippen molar-refractivity contribution < 1.29 is 22.7 Å². The summed E-state index contributed by atoms with van der Waals surface area (Å²) < 4.78 is 42.1. The zero-order valence-electron chi connectivity index (χ0n) is 14.0. The average molecular weight is 474 g/mol. The third-order valence-electron chi connectivity index (χ3n) is 2.88. The van der Waals surface area contributed by atoms with Gasteiger partial charge in [0.15, 0.2) is 5.96 Å². The highest BCUT2D eigenvalue weighted by atomic mass is 127. The first-order valence-electron chi connectivity index (χ1n) is 7.25. The van der Waals surface area contributed by atoms with E-state index in [1.165, 1.54) is 7.05 Å². The number of benzene rings is 1. The molecular weight excluding hydrogens is 452 g/mol. The highest BCUT2D eigenvalue weighted by Crippen LogP contribution is 2.15. The Morgan fingerprint density at radius 2 is 1.88 bits per heavy atom. The molecule has 0 bridgehead atoms. The van der Waals surface area contributed by atoms with Crippen LogP contribution in [0.25, 0.3) is 0 Å². The van der Waals surface area contributed by atoms with Crippen LogP contribution in [0.1, 0.15) is 0 Å². The van der Waals surface area contributed by atoms with Crippen molar-refractivity contribution in [3.63, 3.8) is 0 Å². The Morgan fingerprint density at radius 1 is 1.24 bits per heavy atom. The van der Waals surface area contributed by atoms with E-state index in [0.29, 0.717) is 24.0 Å². The molecular formula is C15H22F3IN4O2. The van der Waals surface area contributed by atoms with Gasteiger partial charge in [-0.2, -0.15) is 13.2 Å². The Kier molecular flexibility index (Phi) is 11.0. The van der Waals surface area contributed by atoms with E-state index in [1.807, 2.05) is 30.3 Å². The summed E-state index contributed by atoms with van der Waals surface area (Å²) in [4.78, 5) is 16.1. The van der Waals surface area contributed by atoms with Crippen LogP contribution >= 0.6 is 24.0 Å². The predicted molar refractivity (Wildman–Crippen MR) is 100 cm³/mol. The maximum absolute atomic E-state index is 12.2. The van der Waals surface area contributed by atoms with E-state index < -0.39 is 18.6 Å². The van der Waals surface area contributed by atoms with Crippen molar-refractivity contribution in [2.75, 3.05) is 40.3 Å². The molecule has 0 aromatic heterocycles. The van der Waals surface area contributed by atoms with Crippen molar-refractivity contribution in [1.29, 1.82) is 0 Å². The molecule has 1 aromatic carbocycles. The van der Waals surface area contributed by atoms with Gasteiger partial charge in [-0.3, -0.25) is 9.79 Å². The summed E-state index contributed by atoms with van der Waals surface area (Å²) in [5.41, 5.74) is 0. The minimum Gasteiger partial charge on any atom is -0.492 e. The quantitative estimate of drug-likeness (QED) is 0.274. The molecule has 2 N–H and O–H groups in total. The van der Waals surface area contributed by atoms with Gasteiger partial charge in [0.25, 0.3) is 0 Å². The lowest BCUT2D eigenvalue weighted by atomic mass is 10.3. The van der Waals surface area contributed by atoms with Gasteiger partial charge in [-0.25, -0.2) is 0 Å². The molecule has 0 saturated carbocycles. The van der Waals surface area contributed by atoms with Crippen LogP contribution in [-0.2, 0) is 4.79 Å². The molecule has 0 heterocycles. The number of hydrogen-bond donors (Lipinski definition) is 2. The Labute approximate surface area is 161 Å². The van der Waals surface area contributed by atoms with Gasteiger partial charge >= 0.3 is 6.18 Å². The molecule has 0 radical (unpaired) electrons. The van der Waals surface area contributed by atoms with Gasteiger partial charge in [0.2, 0.25) is 5.91 Å². The molecule has 0 aliphatic rings. The Bertz CT molecular complexity index is 541. The molecule has 1 rings (SSSR count). The van der Waals surface area contributed by atoms with Crippen molar-refractivity contribution >= 4 is 35.8 Å². The lowest BCUT2D eigenvalue weighted by Gasteiger charge is -2.20. The second kappa shape index (κ2) is 11.8. The number of alkyl halides is 3. The van der Waals surface area contributed by atoms with Crippen LogP contribution in [0.15, 0.2) is 35.3 Å². The Balaban J connectivity index is 0.00000576. The zero-order valence-corrected chi connectivity index (χ0v) is 16.3. The maximum Gasteiger partial charge on any atom is 0.406 e. The predicted octanol–water partition coefficient (Wildman–Crippen LogP) is 1.87. The van der Waals surface area contributed by atoms with Gasteiger partial charge in [0.05, 0.1) is 13.1 Å². The number of likely N-dealkylation sites (N-methyl/N-ethyl adjacent to an activating group) is 1. The summed E-state index contributed by atoms with van der Waals surface area (Å²) in [7, 11) is 2.60. The monoisotopic (exact) mass is 474 g/mol. The number of guanidine groups is 1. The van der Waals surface area contributed by atoms with Crippen molar-refractivity contribution in [2.24, 2.45) is 4.99 Å². The number of carbonyl (C=O) groups is 1. The van der Waals surface area contributed by atoms with E-state index in [2.05, 4.69) is 15.6 Å². The fourth-order valence-corrected chi connectivity index (χ4v) is 1.73. The van der Waals surface area contributed by atoms with Crippen molar-refractivity contribution in [3.05, 3.63) is 30.3 Å². The van der Waals surface area contributed by atoms with Gasteiger partial charge in [-0.15, -0.1) is 24.0 Å². The lowest BCUT2D eigenvalue weighted by Crippen LogP contribution is -2.46. The first-order chi connectivity index (χ1) is 11.3. The minimum absolute atomic E-state index is 0. The van der Waals surface area contributed by atoms with Crippen LogP contribution in [0.3, 0.4) is 0 Å². The number of amides is 1. The fraction of sp³-hybridized carbons (Fsp3) is 0.467. The molecule has 142 valence electrons. The third-order valence-corrected chi connectivity index (χ3v) is 2.88. The summed E-state index contributed by atoms with van der Waals surface area (Å²) in [6.07, 6.45) is -4.42. The molecule has 0 fully saturated rings. The van der Waals surface area contributed by atoms with Crippen molar-refractivity contribution in [2.45, 2.75) is 6.18 Å². The molecule has 1 amide bonds. The number of ether oxygens (including phenoxy) is 1. The highest BCUT2D eigenvalue weighted by molar-refractivity contribution is 14.0. The fourth-order valence-electron chi connectivity index (χ4n) is 1.73. The zero-order chi connectivity index (χ0) is 18.0. The van der Waals surface area contributed by atoms with Crippen LogP contribution < -0.4 is 15.4 Å². The number of halogens is 4. The number of nitrogens with one attached hydrogen (secondary N) is 2. The summed E-state index contributed by atoms with van der Waals surface area (Å²) in [6.45, 7) is -0.788. The number of nitrogens with zero attached hydrogens (tertiary/aromatic N) is 2. The lowest BCUT2D eigenvalue weighted by molar-refractivity contribution is -0.157. The summed E-state index contributed by atoms with van der Waals surface area (Å²) in [6, 6.07) is 9.23. The van der Waals surface area contributed by atoms with Gasteiger partial charge in [-0.05, 0) is 12.1 Å². The number of para-hydroxylation sites is 1. The SMILES string of the molecule is CN=C(NCCOc1ccccc1)NCC(=O)N(C)CC(F)(F)F.I. The van der Waals surface area contributed by atoms with E-state index in [0.717, 1.165) is 12.8 Å². The molecule has 6 nitrogen and oxygen atoms in total. The summed E-state index contributed by atoms with van der Waals surface area (Å²) in [5.74, 6) is 0.349. The molecule has 0 saturated heterocycles. The first-order valence-corrected chi connectivity index (χ1v) is 7.25. The Hall–Kier alpha value is -1.72. The van der Waals surface area contributed by atoms with Crippen LogP contribution in [0.4, 0.5) is 13.2 Å². The Morgan fingerprint density at radius 3 is 2.44 bits per heavy atom. The topological polar surface area (TPSA) is 66.0 Å². The smallest absolute Gasteiger partial charge is 0.406 e. The molecule has 0 aliphatic carbocycles. The van der Waals surface area contributed by atoms with E-state index in [4.69, 9.17) is 4.74 Å². The van der Waals surface area contributed by atoms with Gasteiger partial charge in [0, 0.05) is 14.1 Å². The van der Waals surface area contributed by atoms with E-state index in [9.17, 15) is 18.0 Å². The third kappa shape index (κ3) is 10.7. The number of hydrogen-bond acceptors (Lipinski definition) is 3. The molecule has 0 spiro atoms. The number of rotatable bonds is 7. The summed E-state index contributed by atoms with van der Waals surface area (Å²) >= 11 is 0. The van der Waals surface area contributed by atoms with Crippen LogP contribution in [-0.4, -0.2) is 63.3 Å². The van der Waals surface area contributed by atoms with Crippen molar-refractivity contribution in [1.82, 2.24) is 15.5 Å². The molecule has 0 atom stereocenters.